The first-order chi connectivity index (χ1) is 14.0. The van der Waals surface area contributed by atoms with Crippen molar-refractivity contribution in [3.63, 3.8) is 0 Å². The molecular formula is C24H26ClNO3. The van der Waals surface area contributed by atoms with Crippen LogP contribution in [0.2, 0.25) is 5.02 Å². The van der Waals surface area contributed by atoms with Crippen LogP contribution in [0.5, 0.6) is 5.75 Å². The molecule has 0 atom stereocenters. The van der Waals surface area contributed by atoms with E-state index in [0.717, 1.165) is 28.0 Å². The highest BCUT2D eigenvalue weighted by Crippen LogP contribution is 2.28. The lowest BCUT2D eigenvalue weighted by Gasteiger charge is -2.24. The molecule has 0 aromatic heterocycles. The van der Waals surface area contributed by atoms with Gasteiger partial charge in [0.2, 0.25) is 0 Å². The summed E-state index contributed by atoms with van der Waals surface area (Å²) in [6.45, 7) is 0.000809. The highest BCUT2D eigenvalue weighted by atomic mass is 35.5. The van der Waals surface area contributed by atoms with Gasteiger partial charge in [-0.1, -0.05) is 66.2 Å². The van der Waals surface area contributed by atoms with E-state index >= 15 is 0 Å². The van der Waals surface area contributed by atoms with Gasteiger partial charge in [-0.15, -0.1) is 0 Å². The van der Waals surface area contributed by atoms with Crippen molar-refractivity contribution in [1.82, 2.24) is 0 Å². The Morgan fingerprint density at radius 2 is 1.52 bits per heavy atom. The average Bonchev–Trinajstić information content (AvgIpc) is 2.77. The van der Waals surface area contributed by atoms with Gasteiger partial charge < -0.3 is 20.7 Å². The molecule has 0 heterocycles. The number of rotatable bonds is 9. The molecule has 0 saturated heterocycles. The molecular weight excluding hydrogens is 386 g/mol. The first kappa shape index (κ1) is 21.3. The van der Waals surface area contributed by atoms with Crippen molar-refractivity contribution in [2.24, 2.45) is 5.73 Å². The minimum absolute atomic E-state index is 0.266. The van der Waals surface area contributed by atoms with Crippen molar-refractivity contribution in [2.45, 2.75) is 25.0 Å². The lowest BCUT2D eigenvalue weighted by Crippen LogP contribution is -2.47. The highest BCUT2D eigenvalue weighted by Gasteiger charge is 2.23. The SMILES string of the molecule is NC(CO)(CO)CCc1ccc(-c2ccc(OCc3ccccc3)cc2)cc1Cl. The summed E-state index contributed by atoms with van der Waals surface area (Å²) < 4.78 is 5.83. The smallest absolute Gasteiger partial charge is 0.119 e. The Labute approximate surface area is 176 Å². The molecule has 3 aromatic carbocycles. The third-order valence-electron chi connectivity index (χ3n) is 5.01. The third kappa shape index (κ3) is 5.81. The van der Waals surface area contributed by atoms with Gasteiger partial charge in [-0.05, 0) is 53.3 Å². The summed E-state index contributed by atoms with van der Waals surface area (Å²) >= 11 is 6.45. The Balaban J connectivity index is 1.64. The molecule has 29 heavy (non-hydrogen) atoms. The quantitative estimate of drug-likeness (QED) is 0.493. The second kappa shape index (κ2) is 9.90. The molecule has 3 rings (SSSR count). The van der Waals surface area contributed by atoms with Crippen LogP contribution in [0.25, 0.3) is 11.1 Å². The van der Waals surface area contributed by atoms with Crippen molar-refractivity contribution >= 4 is 11.6 Å². The maximum Gasteiger partial charge on any atom is 0.119 e. The predicted molar refractivity (Wildman–Crippen MR) is 117 cm³/mol. The number of aliphatic hydroxyl groups excluding tert-OH is 2. The third-order valence-corrected chi connectivity index (χ3v) is 5.36. The van der Waals surface area contributed by atoms with E-state index in [4.69, 9.17) is 22.1 Å². The maximum atomic E-state index is 9.32. The van der Waals surface area contributed by atoms with Crippen molar-refractivity contribution in [3.8, 4) is 16.9 Å². The number of aliphatic hydroxyl groups is 2. The van der Waals surface area contributed by atoms with E-state index in [-0.39, 0.29) is 13.2 Å². The first-order valence-electron chi connectivity index (χ1n) is 9.59. The Kier molecular flexibility index (Phi) is 7.29. The number of hydrogen-bond acceptors (Lipinski definition) is 4. The van der Waals surface area contributed by atoms with Crippen LogP contribution in [0.4, 0.5) is 0 Å². The molecule has 152 valence electrons. The first-order valence-corrected chi connectivity index (χ1v) is 9.97. The minimum Gasteiger partial charge on any atom is -0.489 e. The Morgan fingerprint density at radius 3 is 2.14 bits per heavy atom. The van der Waals surface area contributed by atoms with E-state index in [1.54, 1.807) is 0 Å². The highest BCUT2D eigenvalue weighted by molar-refractivity contribution is 6.31. The summed E-state index contributed by atoms with van der Waals surface area (Å²) in [5.74, 6) is 0.813. The van der Waals surface area contributed by atoms with E-state index in [9.17, 15) is 10.2 Å². The van der Waals surface area contributed by atoms with E-state index in [1.807, 2.05) is 72.8 Å². The molecule has 0 aliphatic heterocycles. The molecule has 4 N–H and O–H groups in total. The maximum absolute atomic E-state index is 9.32. The molecule has 0 bridgehead atoms. The molecule has 5 heteroatoms. The Morgan fingerprint density at radius 1 is 0.862 bits per heavy atom. The topological polar surface area (TPSA) is 75.7 Å². The predicted octanol–water partition coefficient (Wildman–Crippen LogP) is 4.20. The summed E-state index contributed by atoms with van der Waals surface area (Å²) in [4.78, 5) is 0. The fourth-order valence-electron chi connectivity index (χ4n) is 3.01. The minimum atomic E-state index is -0.989. The molecule has 0 aliphatic rings. The normalized spacial score (nSPS) is 11.4. The van der Waals surface area contributed by atoms with Gasteiger partial charge in [0.05, 0.1) is 18.8 Å². The molecule has 0 amide bonds. The second-order valence-electron chi connectivity index (χ2n) is 7.28. The largest absolute Gasteiger partial charge is 0.489 e. The number of ether oxygens (including phenoxy) is 1. The van der Waals surface area contributed by atoms with Crippen LogP contribution in [-0.2, 0) is 13.0 Å². The van der Waals surface area contributed by atoms with Crippen LogP contribution in [0.1, 0.15) is 17.5 Å². The van der Waals surface area contributed by atoms with Crippen LogP contribution in [0.15, 0.2) is 72.8 Å². The number of hydrogen-bond donors (Lipinski definition) is 3. The molecule has 0 fully saturated rings. The van der Waals surface area contributed by atoms with Gasteiger partial charge in [0.1, 0.15) is 12.4 Å². The van der Waals surface area contributed by atoms with Crippen LogP contribution in [0, 0.1) is 0 Å². The van der Waals surface area contributed by atoms with Gasteiger partial charge in [0.15, 0.2) is 0 Å². The van der Waals surface area contributed by atoms with Gasteiger partial charge in [0.25, 0.3) is 0 Å². The fourth-order valence-corrected chi connectivity index (χ4v) is 3.28. The lowest BCUT2D eigenvalue weighted by molar-refractivity contribution is 0.115. The summed E-state index contributed by atoms with van der Waals surface area (Å²) in [5.41, 5.74) is 9.07. The van der Waals surface area contributed by atoms with E-state index in [2.05, 4.69) is 0 Å². The molecule has 3 aromatic rings. The van der Waals surface area contributed by atoms with Gasteiger partial charge in [-0.2, -0.15) is 0 Å². The standard InChI is InChI=1S/C24H26ClNO3/c25-23-14-21(7-6-20(23)12-13-24(26,16-27)17-28)19-8-10-22(11-9-19)29-15-18-4-2-1-3-5-18/h1-11,14,27-28H,12-13,15-17,26H2. The van der Waals surface area contributed by atoms with E-state index < -0.39 is 5.54 Å². The molecule has 0 spiro atoms. The molecule has 0 radical (unpaired) electrons. The van der Waals surface area contributed by atoms with Crippen LogP contribution in [0.3, 0.4) is 0 Å². The summed E-state index contributed by atoms with van der Waals surface area (Å²) in [5, 5.41) is 19.3. The van der Waals surface area contributed by atoms with Crippen LogP contribution < -0.4 is 10.5 Å². The summed E-state index contributed by atoms with van der Waals surface area (Å²) in [6.07, 6.45) is 1.04. The second-order valence-corrected chi connectivity index (χ2v) is 7.69. The van der Waals surface area contributed by atoms with Gasteiger partial charge in [-0.3, -0.25) is 0 Å². The van der Waals surface area contributed by atoms with Crippen LogP contribution in [-0.4, -0.2) is 29.0 Å². The van der Waals surface area contributed by atoms with Crippen molar-refractivity contribution < 1.29 is 14.9 Å². The molecule has 4 nitrogen and oxygen atoms in total. The zero-order valence-electron chi connectivity index (χ0n) is 16.2. The Hall–Kier alpha value is -2.37. The molecule has 0 unspecified atom stereocenters. The van der Waals surface area contributed by atoms with Crippen molar-refractivity contribution in [2.75, 3.05) is 13.2 Å². The zero-order valence-corrected chi connectivity index (χ0v) is 17.0. The van der Waals surface area contributed by atoms with Crippen molar-refractivity contribution in [1.29, 1.82) is 0 Å². The van der Waals surface area contributed by atoms with Crippen LogP contribution >= 0.6 is 11.6 Å². The number of nitrogens with two attached hydrogens (primary N) is 1. The number of aryl methyl sites for hydroxylation is 1. The van der Waals surface area contributed by atoms with Gasteiger partial charge >= 0.3 is 0 Å². The summed E-state index contributed by atoms with van der Waals surface area (Å²) in [7, 11) is 0. The van der Waals surface area contributed by atoms with E-state index in [1.165, 1.54) is 0 Å². The Bertz CT molecular complexity index is 909. The average molecular weight is 412 g/mol. The van der Waals surface area contributed by atoms with Crippen molar-refractivity contribution in [3.05, 3.63) is 88.9 Å². The fraction of sp³-hybridized carbons (Fsp3) is 0.250. The number of halogens is 1. The monoisotopic (exact) mass is 411 g/mol. The van der Waals surface area contributed by atoms with Gasteiger partial charge in [0, 0.05) is 5.02 Å². The lowest BCUT2D eigenvalue weighted by atomic mass is 9.93. The molecule has 0 saturated carbocycles. The summed E-state index contributed by atoms with van der Waals surface area (Å²) in [6, 6.07) is 23.9. The zero-order chi connectivity index (χ0) is 20.7. The van der Waals surface area contributed by atoms with E-state index in [0.29, 0.717) is 24.5 Å². The number of benzene rings is 3. The van der Waals surface area contributed by atoms with Gasteiger partial charge in [-0.25, -0.2) is 0 Å². The molecule has 0 aliphatic carbocycles.